The first kappa shape index (κ1) is 29.1. The van der Waals surface area contributed by atoms with E-state index in [4.69, 9.17) is 34.8 Å². The highest BCUT2D eigenvalue weighted by atomic mass is 35.5. The molecule has 2 aromatic carbocycles. The summed E-state index contributed by atoms with van der Waals surface area (Å²) < 4.78 is 42.7. The highest BCUT2D eigenvalue weighted by molar-refractivity contribution is 7.89. The average molecular weight is 632 g/mol. The average Bonchev–Trinajstić information content (AvgIpc) is 3.75. The molecule has 2 heterocycles. The van der Waals surface area contributed by atoms with E-state index in [-0.39, 0.29) is 52.8 Å². The molecule has 2 aliphatic heterocycles. The summed E-state index contributed by atoms with van der Waals surface area (Å²) in [6.45, 7) is -1.76. The maximum Gasteiger partial charge on any atom is 0.248 e. The van der Waals surface area contributed by atoms with Gasteiger partial charge >= 0.3 is 0 Å². The van der Waals surface area contributed by atoms with Gasteiger partial charge in [-0.3, -0.25) is 14.4 Å². The molecule has 2 saturated heterocycles. The van der Waals surface area contributed by atoms with Crippen LogP contribution in [-0.4, -0.2) is 84.8 Å². The molecule has 1 N–H and O–H groups in total. The molecule has 0 spiro atoms. The van der Waals surface area contributed by atoms with Gasteiger partial charge in [0.05, 0.1) is 11.6 Å². The summed E-state index contributed by atoms with van der Waals surface area (Å²) in [5.41, 5.74) is 0.663. The van der Waals surface area contributed by atoms with Crippen LogP contribution in [0.25, 0.3) is 0 Å². The number of hydrogen-bond donors (Lipinski definition) is 1. The van der Waals surface area contributed by atoms with Gasteiger partial charge in [-0.25, -0.2) is 12.8 Å². The minimum Gasteiger partial charge on any atom is -0.343 e. The van der Waals surface area contributed by atoms with E-state index in [1.165, 1.54) is 28.0 Å². The Kier molecular flexibility index (Phi) is 8.32. The van der Waals surface area contributed by atoms with Crippen LogP contribution in [0.5, 0.6) is 0 Å². The van der Waals surface area contributed by atoms with Crippen molar-refractivity contribution in [3.8, 4) is 0 Å². The standard InChI is InChI=1S/C26H26Cl3FN4O5S/c27-17-5-1-15(2-6-17)11-21-26(37)32(10-9-30)14-23-33(40(38,39)22-8-7-18(28)12-19(22)29)13-20(25(36)34(21)23)31-24(35)16-3-4-16/h1-2,5-8,12,16,20-21,23H,3-4,9-11,13-14H2,(H,31,35). The molecule has 214 valence electrons. The Morgan fingerprint density at radius 1 is 0.975 bits per heavy atom. The third-order valence-electron chi connectivity index (χ3n) is 7.33. The molecule has 0 bridgehead atoms. The maximum atomic E-state index is 14.1. The Labute approximate surface area is 246 Å². The van der Waals surface area contributed by atoms with Crippen molar-refractivity contribution in [3.05, 3.63) is 63.1 Å². The molecule has 14 heteroatoms. The molecule has 0 aromatic heterocycles. The van der Waals surface area contributed by atoms with Crippen molar-refractivity contribution in [2.45, 2.75) is 42.4 Å². The first-order valence-corrected chi connectivity index (χ1v) is 15.3. The molecule has 2 aromatic rings. The number of rotatable bonds is 8. The van der Waals surface area contributed by atoms with Crippen molar-refractivity contribution >= 4 is 62.5 Å². The van der Waals surface area contributed by atoms with E-state index < -0.39 is 46.8 Å². The molecule has 9 nitrogen and oxygen atoms in total. The monoisotopic (exact) mass is 630 g/mol. The molecule has 1 saturated carbocycles. The molecule has 0 radical (unpaired) electrons. The van der Waals surface area contributed by atoms with Crippen LogP contribution in [-0.2, 0) is 30.8 Å². The lowest BCUT2D eigenvalue weighted by Crippen LogP contribution is -2.76. The number of alkyl halides is 1. The van der Waals surface area contributed by atoms with E-state index in [2.05, 4.69) is 5.32 Å². The largest absolute Gasteiger partial charge is 0.343 e. The number of amides is 3. The number of sulfonamides is 1. The topological polar surface area (TPSA) is 107 Å². The number of halogens is 4. The predicted octanol–water partition coefficient (Wildman–Crippen LogP) is 3.12. The lowest BCUT2D eigenvalue weighted by molar-refractivity contribution is -0.167. The van der Waals surface area contributed by atoms with Gasteiger partial charge in [-0.15, -0.1) is 0 Å². The van der Waals surface area contributed by atoms with Crippen molar-refractivity contribution in [1.82, 2.24) is 19.4 Å². The number of hydrogen-bond acceptors (Lipinski definition) is 5. The Morgan fingerprint density at radius 3 is 2.27 bits per heavy atom. The van der Waals surface area contributed by atoms with Crippen LogP contribution in [0.2, 0.25) is 15.1 Å². The van der Waals surface area contributed by atoms with E-state index >= 15 is 0 Å². The summed E-state index contributed by atoms with van der Waals surface area (Å²) in [5.74, 6) is -1.70. The first-order chi connectivity index (χ1) is 19.0. The quantitative estimate of drug-likeness (QED) is 0.482. The van der Waals surface area contributed by atoms with Gasteiger partial charge in [0.25, 0.3) is 0 Å². The number of carbonyl (C=O) groups excluding carboxylic acids is 3. The fourth-order valence-corrected chi connectivity index (χ4v) is 7.61. The van der Waals surface area contributed by atoms with Gasteiger partial charge in [-0.2, -0.15) is 4.31 Å². The van der Waals surface area contributed by atoms with Crippen molar-refractivity contribution in [1.29, 1.82) is 0 Å². The van der Waals surface area contributed by atoms with E-state index in [9.17, 15) is 27.2 Å². The summed E-state index contributed by atoms with van der Waals surface area (Å²) in [5, 5.41) is 3.27. The number of benzene rings is 2. The van der Waals surface area contributed by atoms with E-state index in [0.29, 0.717) is 23.4 Å². The molecule has 3 unspecified atom stereocenters. The second-order valence-electron chi connectivity index (χ2n) is 10.0. The Bertz CT molecular complexity index is 1440. The van der Waals surface area contributed by atoms with Gasteiger partial charge in [0.1, 0.15) is 29.8 Å². The van der Waals surface area contributed by atoms with Crippen LogP contribution in [0.4, 0.5) is 4.39 Å². The Hall–Kier alpha value is -2.44. The second-order valence-corrected chi connectivity index (χ2v) is 13.2. The lowest BCUT2D eigenvalue weighted by atomic mass is 9.97. The molecule has 3 aliphatic rings. The third kappa shape index (κ3) is 5.67. The zero-order chi connectivity index (χ0) is 28.8. The molecular formula is C26H26Cl3FN4O5S. The van der Waals surface area contributed by atoms with Gasteiger partial charge in [0.2, 0.25) is 27.7 Å². The van der Waals surface area contributed by atoms with Gasteiger partial charge in [-0.05, 0) is 48.7 Å². The predicted molar refractivity (Wildman–Crippen MR) is 147 cm³/mol. The highest BCUT2D eigenvalue weighted by Crippen LogP contribution is 2.35. The van der Waals surface area contributed by atoms with E-state index in [0.717, 1.165) is 4.31 Å². The zero-order valence-electron chi connectivity index (χ0n) is 21.1. The smallest absolute Gasteiger partial charge is 0.248 e. The third-order valence-corrected chi connectivity index (χ3v) is 10.2. The van der Waals surface area contributed by atoms with Gasteiger partial charge in [0.15, 0.2) is 0 Å². The lowest BCUT2D eigenvalue weighted by Gasteiger charge is -2.53. The van der Waals surface area contributed by atoms with Crippen LogP contribution in [0.1, 0.15) is 18.4 Å². The highest BCUT2D eigenvalue weighted by Gasteiger charge is 2.54. The van der Waals surface area contributed by atoms with Gasteiger partial charge in [-0.1, -0.05) is 46.9 Å². The normalized spacial score (nSPS) is 23.8. The number of nitrogens with zero attached hydrogens (tertiary/aromatic N) is 3. The molecule has 40 heavy (non-hydrogen) atoms. The fraction of sp³-hybridized carbons (Fsp3) is 0.423. The molecule has 3 fully saturated rings. The molecule has 3 atom stereocenters. The summed E-state index contributed by atoms with van der Waals surface area (Å²) >= 11 is 18.3. The second kappa shape index (κ2) is 11.4. The van der Waals surface area contributed by atoms with Gasteiger partial charge in [0, 0.05) is 35.5 Å². The minimum atomic E-state index is -4.39. The molecular weight excluding hydrogens is 606 g/mol. The van der Waals surface area contributed by atoms with Crippen molar-refractivity contribution in [3.63, 3.8) is 0 Å². The zero-order valence-corrected chi connectivity index (χ0v) is 24.2. The summed E-state index contributed by atoms with van der Waals surface area (Å²) in [4.78, 5) is 42.4. The van der Waals surface area contributed by atoms with Crippen molar-refractivity contribution in [2.24, 2.45) is 5.92 Å². The minimum absolute atomic E-state index is 0.0277. The van der Waals surface area contributed by atoms with Crippen LogP contribution < -0.4 is 5.32 Å². The number of nitrogens with one attached hydrogen (secondary N) is 1. The fourth-order valence-electron chi connectivity index (χ4n) is 5.15. The first-order valence-electron chi connectivity index (χ1n) is 12.7. The number of fused-ring (bicyclic) bond motifs is 1. The molecule has 5 rings (SSSR count). The van der Waals surface area contributed by atoms with Crippen LogP contribution in [0.15, 0.2) is 47.4 Å². The van der Waals surface area contributed by atoms with E-state index in [1.807, 2.05) is 0 Å². The van der Waals surface area contributed by atoms with Crippen LogP contribution >= 0.6 is 34.8 Å². The molecule has 3 amide bonds. The number of carbonyl (C=O) groups is 3. The summed E-state index contributed by atoms with van der Waals surface area (Å²) in [6.07, 6.45) is 0.217. The summed E-state index contributed by atoms with van der Waals surface area (Å²) in [6, 6.07) is 8.20. The Balaban J connectivity index is 1.59. The number of piperazine rings is 1. The maximum absolute atomic E-state index is 14.1. The SMILES string of the molecule is O=C(NC1CN(S(=O)(=O)c2ccc(Cl)cc2Cl)C2CN(CCF)C(=O)C(Cc3ccc(Cl)cc3)N2C1=O)C1CC1. The molecule has 1 aliphatic carbocycles. The van der Waals surface area contributed by atoms with E-state index in [1.54, 1.807) is 24.3 Å². The Morgan fingerprint density at radius 2 is 1.65 bits per heavy atom. The van der Waals surface area contributed by atoms with Crippen molar-refractivity contribution < 1.29 is 27.2 Å². The van der Waals surface area contributed by atoms with Crippen molar-refractivity contribution in [2.75, 3.05) is 26.3 Å². The van der Waals surface area contributed by atoms with Crippen LogP contribution in [0, 0.1) is 5.92 Å². The van der Waals surface area contributed by atoms with Gasteiger partial charge < -0.3 is 15.1 Å². The summed E-state index contributed by atoms with van der Waals surface area (Å²) in [7, 11) is -4.39. The van der Waals surface area contributed by atoms with Crippen LogP contribution in [0.3, 0.4) is 0 Å².